The van der Waals surface area contributed by atoms with E-state index in [1.165, 1.54) is 0 Å². The first-order chi connectivity index (χ1) is 9.70. The zero-order valence-electron chi connectivity index (χ0n) is 11.6. The average Bonchev–Trinajstić information content (AvgIpc) is 2.50. The Labute approximate surface area is 125 Å². The maximum atomic E-state index is 6.19. The Balaban J connectivity index is 2.10. The molecule has 3 heteroatoms. The van der Waals surface area contributed by atoms with Crippen molar-refractivity contribution in [2.45, 2.75) is 32.1 Å². The van der Waals surface area contributed by atoms with Crippen LogP contribution in [0.1, 0.15) is 30.6 Å². The van der Waals surface area contributed by atoms with Crippen molar-refractivity contribution in [3.8, 4) is 0 Å². The molecule has 2 rings (SSSR count). The molecular formula is C17H20ClNO. The van der Waals surface area contributed by atoms with E-state index >= 15 is 0 Å². The number of nitrogens with two attached hydrogens (primary N) is 1. The Hall–Kier alpha value is -1.35. The van der Waals surface area contributed by atoms with Crippen LogP contribution in [-0.2, 0) is 11.3 Å². The van der Waals surface area contributed by atoms with Gasteiger partial charge in [0.15, 0.2) is 0 Å². The van der Waals surface area contributed by atoms with Gasteiger partial charge in [-0.25, -0.2) is 0 Å². The van der Waals surface area contributed by atoms with Crippen molar-refractivity contribution in [3.63, 3.8) is 0 Å². The van der Waals surface area contributed by atoms with Crippen molar-refractivity contribution in [2.75, 3.05) is 0 Å². The van der Waals surface area contributed by atoms with Crippen molar-refractivity contribution >= 4 is 11.6 Å². The Morgan fingerprint density at radius 3 is 2.30 bits per heavy atom. The molecule has 2 unspecified atom stereocenters. The van der Waals surface area contributed by atoms with Crippen LogP contribution < -0.4 is 5.73 Å². The van der Waals surface area contributed by atoms with Gasteiger partial charge in [-0.3, -0.25) is 0 Å². The second-order valence-electron chi connectivity index (χ2n) is 4.84. The number of hydrogen-bond acceptors (Lipinski definition) is 2. The predicted molar refractivity (Wildman–Crippen MR) is 83.7 cm³/mol. The molecule has 0 spiro atoms. The summed E-state index contributed by atoms with van der Waals surface area (Å²) in [5, 5.41) is 0.723. The quantitative estimate of drug-likeness (QED) is 0.859. The van der Waals surface area contributed by atoms with Gasteiger partial charge in [-0.05, 0) is 29.7 Å². The van der Waals surface area contributed by atoms with Gasteiger partial charge in [0.2, 0.25) is 0 Å². The molecule has 0 aromatic heterocycles. The molecule has 0 aliphatic rings. The summed E-state index contributed by atoms with van der Waals surface area (Å²) in [6, 6.07) is 17.8. The number of benzene rings is 2. The van der Waals surface area contributed by atoms with Gasteiger partial charge in [0.1, 0.15) is 0 Å². The van der Waals surface area contributed by atoms with E-state index in [-0.39, 0.29) is 12.1 Å². The third-order valence-corrected chi connectivity index (χ3v) is 3.58. The summed E-state index contributed by atoms with van der Waals surface area (Å²) in [5.41, 5.74) is 8.41. The number of rotatable bonds is 6. The van der Waals surface area contributed by atoms with Crippen LogP contribution in [0.5, 0.6) is 0 Å². The van der Waals surface area contributed by atoms with Crippen LogP contribution in [0.4, 0.5) is 0 Å². The summed E-state index contributed by atoms with van der Waals surface area (Å²) in [6.07, 6.45) is 0.750. The minimum atomic E-state index is -0.113. The molecule has 2 atom stereocenters. The van der Waals surface area contributed by atoms with Crippen molar-refractivity contribution in [1.82, 2.24) is 0 Å². The SMILES string of the molecule is CCC(N)C(OCc1ccccc1)c1ccc(Cl)cc1. The van der Waals surface area contributed by atoms with Crippen molar-refractivity contribution in [3.05, 3.63) is 70.7 Å². The number of halogens is 1. The first-order valence-corrected chi connectivity index (χ1v) is 7.25. The van der Waals surface area contributed by atoms with E-state index in [4.69, 9.17) is 22.1 Å². The number of hydrogen-bond donors (Lipinski definition) is 1. The number of ether oxygens (including phenoxy) is 1. The van der Waals surface area contributed by atoms with Gasteiger partial charge in [-0.15, -0.1) is 0 Å². The molecule has 2 aromatic carbocycles. The van der Waals surface area contributed by atoms with Crippen molar-refractivity contribution < 1.29 is 4.74 Å². The van der Waals surface area contributed by atoms with E-state index in [1.807, 2.05) is 42.5 Å². The molecule has 0 aliphatic carbocycles. The highest BCUT2D eigenvalue weighted by Crippen LogP contribution is 2.25. The smallest absolute Gasteiger partial charge is 0.0980 e. The first kappa shape index (κ1) is 15.0. The van der Waals surface area contributed by atoms with E-state index in [9.17, 15) is 0 Å². The van der Waals surface area contributed by atoms with Crippen LogP contribution >= 0.6 is 11.6 Å². The second kappa shape index (κ2) is 7.44. The molecule has 2 N–H and O–H groups in total. The fourth-order valence-electron chi connectivity index (χ4n) is 2.09. The Morgan fingerprint density at radius 1 is 1.05 bits per heavy atom. The Kier molecular flexibility index (Phi) is 5.60. The molecule has 0 amide bonds. The summed E-state index contributed by atoms with van der Waals surface area (Å²) in [7, 11) is 0. The molecule has 2 aromatic rings. The molecule has 2 nitrogen and oxygen atoms in total. The van der Waals surface area contributed by atoms with E-state index in [0.717, 1.165) is 22.6 Å². The molecule has 0 heterocycles. The second-order valence-corrected chi connectivity index (χ2v) is 5.28. The van der Waals surface area contributed by atoms with Gasteiger partial charge in [0.25, 0.3) is 0 Å². The largest absolute Gasteiger partial charge is 0.367 e. The Morgan fingerprint density at radius 2 is 1.70 bits per heavy atom. The molecule has 20 heavy (non-hydrogen) atoms. The molecule has 0 bridgehead atoms. The van der Waals surface area contributed by atoms with Crippen LogP contribution in [0.2, 0.25) is 5.02 Å². The van der Waals surface area contributed by atoms with Gasteiger partial charge < -0.3 is 10.5 Å². The lowest BCUT2D eigenvalue weighted by atomic mass is 10.0. The highest BCUT2D eigenvalue weighted by atomic mass is 35.5. The van der Waals surface area contributed by atoms with E-state index in [0.29, 0.717) is 6.61 Å². The van der Waals surface area contributed by atoms with Crippen LogP contribution in [-0.4, -0.2) is 6.04 Å². The highest BCUT2D eigenvalue weighted by molar-refractivity contribution is 6.30. The topological polar surface area (TPSA) is 35.2 Å². The van der Waals surface area contributed by atoms with Gasteiger partial charge in [0, 0.05) is 11.1 Å². The van der Waals surface area contributed by atoms with E-state index in [2.05, 4.69) is 19.1 Å². The lowest BCUT2D eigenvalue weighted by Crippen LogP contribution is -2.29. The normalized spacial score (nSPS) is 13.9. The zero-order valence-corrected chi connectivity index (χ0v) is 12.4. The molecular weight excluding hydrogens is 270 g/mol. The fraction of sp³-hybridized carbons (Fsp3) is 0.294. The van der Waals surface area contributed by atoms with Crippen molar-refractivity contribution in [2.24, 2.45) is 5.73 Å². The molecule has 106 valence electrons. The molecule has 0 radical (unpaired) electrons. The third-order valence-electron chi connectivity index (χ3n) is 3.33. The molecule has 0 aliphatic heterocycles. The minimum absolute atomic E-state index is 0.0279. The molecule has 0 saturated carbocycles. The standard InChI is InChI=1S/C17H20ClNO/c1-2-16(19)17(14-8-10-15(18)11-9-14)20-12-13-6-4-3-5-7-13/h3-11,16-17H,2,12,19H2,1H3. The highest BCUT2D eigenvalue weighted by Gasteiger charge is 2.19. The molecule has 0 fully saturated rings. The Bertz CT molecular complexity index is 512. The molecule has 0 saturated heterocycles. The van der Waals surface area contributed by atoms with E-state index in [1.54, 1.807) is 0 Å². The van der Waals surface area contributed by atoms with Crippen LogP contribution in [0.3, 0.4) is 0 Å². The summed E-state index contributed by atoms with van der Waals surface area (Å²) >= 11 is 5.93. The fourth-order valence-corrected chi connectivity index (χ4v) is 2.22. The maximum Gasteiger partial charge on any atom is 0.0980 e. The van der Waals surface area contributed by atoms with Gasteiger partial charge in [-0.1, -0.05) is 61.0 Å². The van der Waals surface area contributed by atoms with Crippen LogP contribution in [0.25, 0.3) is 0 Å². The van der Waals surface area contributed by atoms with Crippen LogP contribution in [0.15, 0.2) is 54.6 Å². The van der Waals surface area contributed by atoms with Crippen molar-refractivity contribution in [1.29, 1.82) is 0 Å². The summed E-state index contributed by atoms with van der Waals surface area (Å²) in [6.45, 7) is 2.63. The zero-order chi connectivity index (χ0) is 14.4. The summed E-state index contributed by atoms with van der Waals surface area (Å²) in [4.78, 5) is 0. The monoisotopic (exact) mass is 289 g/mol. The third kappa shape index (κ3) is 4.07. The lowest BCUT2D eigenvalue weighted by Gasteiger charge is -2.24. The van der Waals surface area contributed by atoms with Gasteiger partial charge in [0.05, 0.1) is 12.7 Å². The maximum absolute atomic E-state index is 6.19. The van der Waals surface area contributed by atoms with Gasteiger partial charge >= 0.3 is 0 Å². The van der Waals surface area contributed by atoms with E-state index < -0.39 is 0 Å². The minimum Gasteiger partial charge on any atom is -0.367 e. The summed E-state index contributed by atoms with van der Waals surface area (Å²) < 4.78 is 6.04. The first-order valence-electron chi connectivity index (χ1n) is 6.87. The average molecular weight is 290 g/mol. The van der Waals surface area contributed by atoms with Gasteiger partial charge in [-0.2, -0.15) is 0 Å². The summed E-state index contributed by atoms with van der Waals surface area (Å²) in [5.74, 6) is 0. The lowest BCUT2D eigenvalue weighted by molar-refractivity contribution is 0.0213. The predicted octanol–water partition coefficient (Wildman–Crippen LogP) is 4.34. The van der Waals surface area contributed by atoms with Crippen LogP contribution in [0, 0.1) is 0 Å².